The van der Waals surface area contributed by atoms with Crippen LogP contribution in [0.5, 0.6) is 0 Å². The van der Waals surface area contributed by atoms with Gasteiger partial charge in [0.1, 0.15) is 5.69 Å². The van der Waals surface area contributed by atoms with Gasteiger partial charge in [0, 0.05) is 24.0 Å². The number of benzene rings is 1. The summed E-state index contributed by atoms with van der Waals surface area (Å²) in [5, 5.41) is 21.9. The van der Waals surface area contributed by atoms with E-state index in [9.17, 15) is 19.7 Å². The third kappa shape index (κ3) is 5.14. The summed E-state index contributed by atoms with van der Waals surface area (Å²) in [6.45, 7) is 2.01. The molecular formula is C16H14N6O5S2. The number of esters is 1. The number of carbonyl (C=O) groups is 2. The molecule has 0 unspecified atom stereocenters. The van der Waals surface area contributed by atoms with E-state index in [-0.39, 0.29) is 33.8 Å². The van der Waals surface area contributed by atoms with Crippen molar-refractivity contribution in [1.82, 2.24) is 19.7 Å². The van der Waals surface area contributed by atoms with Crippen LogP contribution in [0.1, 0.15) is 17.3 Å². The standard InChI is InChI=1S/C16H14N6O5S2/c1-2-27-13(23)8-28-16-20-19-15(29-16)18-14(24)10-3-4-11(12(7-10)22(25)26)21-6-5-17-9-21/h3-7,9H,2,8H2,1H3,(H,18,19,24). The first-order valence-corrected chi connectivity index (χ1v) is 9.98. The number of aromatic nitrogens is 4. The van der Waals surface area contributed by atoms with Crippen molar-refractivity contribution in [3.8, 4) is 5.69 Å². The summed E-state index contributed by atoms with van der Waals surface area (Å²) in [7, 11) is 0. The quantitative estimate of drug-likeness (QED) is 0.186. The first-order chi connectivity index (χ1) is 14.0. The molecule has 2 aromatic heterocycles. The van der Waals surface area contributed by atoms with Gasteiger partial charge in [-0.1, -0.05) is 23.1 Å². The van der Waals surface area contributed by atoms with Gasteiger partial charge in [-0.25, -0.2) is 4.98 Å². The first kappa shape index (κ1) is 20.4. The van der Waals surface area contributed by atoms with Gasteiger partial charge in [0.05, 0.1) is 23.6 Å². The number of ether oxygens (including phenoxy) is 1. The Morgan fingerprint density at radius 3 is 2.90 bits per heavy atom. The van der Waals surface area contributed by atoms with Crippen LogP contribution in [0.3, 0.4) is 0 Å². The van der Waals surface area contributed by atoms with E-state index in [0.29, 0.717) is 10.9 Å². The molecule has 0 aliphatic heterocycles. The molecule has 0 atom stereocenters. The summed E-state index contributed by atoms with van der Waals surface area (Å²) in [5.41, 5.74) is 0.146. The third-order valence-corrected chi connectivity index (χ3v) is 5.41. The van der Waals surface area contributed by atoms with Crippen molar-refractivity contribution in [2.45, 2.75) is 11.3 Å². The summed E-state index contributed by atoms with van der Waals surface area (Å²) in [4.78, 5) is 38.5. The van der Waals surface area contributed by atoms with Crippen molar-refractivity contribution >= 4 is 45.8 Å². The van der Waals surface area contributed by atoms with Crippen LogP contribution < -0.4 is 5.32 Å². The number of nitrogens with one attached hydrogen (secondary N) is 1. The molecule has 1 aromatic carbocycles. The van der Waals surface area contributed by atoms with E-state index in [1.807, 2.05) is 0 Å². The Hall–Kier alpha value is -3.32. The molecule has 150 valence electrons. The van der Waals surface area contributed by atoms with Crippen LogP contribution in [-0.2, 0) is 9.53 Å². The van der Waals surface area contributed by atoms with E-state index in [0.717, 1.165) is 23.1 Å². The number of thioether (sulfide) groups is 1. The predicted molar refractivity (Wildman–Crippen MR) is 105 cm³/mol. The molecule has 13 heteroatoms. The Morgan fingerprint density at radius 1 is 1.38 bits per heavy atom. The van der Waals surface area contributed by atoms with Crippen molar-refractivity contribution < 1.29 is 19.2 Å². The molecule has 0 fully saturated rings. The van der Waals surface area contributed by atoms with Crippen molar-refractivity contribution in [2.24, 2.45) is 0 Å². The molecule has 3 aromatic rings. The van der Waals surface area contributed by atoms with Crippen LogP contribution in [0.2, 0.25) is 0 Å². The second-order valence-electron chi connectivity index (χ2n) is 5.35. The second kappa shape index (κ2) is 9.25. The largest absolute Gasteiger partial charge is 0.465 e. The third-order valence-electron chi connectivity index (χ3n) is 3.46. The Bertz CT molecular complexity index is 1040. The zero-order chi connectivity index (χ0) is 20.8. The smallest absolute Gasteiger partial charge is 0.316 e. The maximum Gasteiger partial charge on any atom is 0.316 e. The molecule has 1 amide bonds. The molecule has 3 rings (SSSR count). The highest BCUT2D eigenvalue weighted by molar-refractivity contribution is 8.01. The molecule has 0 saturated heterocycles. The zero-order valence-corrected chi connectivity index (χ0v) is 16.6. The van der Waals surface area contributed by atoms with Crippen LogP contribution in [0.15, 0.2) is 41.3 Å². The minimum atomic E-state index is -0.568. The second-order valence-corrected chi connectivity index (χ2v) is 7.55. The average molecular weight is 434 g/mol. The maximum atomic E-state index is 12.5. The van der Waals surface area contributed by atoms with Gasteiger partial charge in [0.2, 0.25) is 5.13 Å². The number of anilines is 1. The van der Waals surface area contributed by atoms with Crippen LogP contribution in [0, 0.1) is 10.1 Å². The highest BCUT2D eigenvalue weighted by Crippen LogP contribution is 2.27. The van der Waals surface area contributed by atoms with E-state index in [4.69, 9.17) is 4.74 Å². The number of amides is 1. The molecule has 0 aliphatic rings. The highest BCUT2D eigenvalue weighted by Gasteiger charge is 2.20. The molecule has 11 nitrogen and oxygen atoms in total. The number of rotatable bonds is 8. The minimum Gasteiger partial charge on any atom is -0.465 e. The number of imidazole rings is 1. The molecule has 29 heavy (non-hydrogen) atoms. The lowest BCUT2D eigenvalue weighted by atomic mass is 10.1. The summed E-state index contributed by atoms with van der Waals surface area (Å²) in [6, 6.07) is 4.12. The number of carbonyl (C=O) groups excluding carboxylic acids is 2. The van der Waals surface area contributed by atoms with E-state index in [2.05, 4.69) is 20.5 Å². The number of nitro groups is 1. The van der Waals surface area contributed by atoms with Gasteiger partial charge in [-0.2, -0.15) is 0 Å². The topological polar surface area (TPSA) is 142 Å². The van der Waals surface area contributed by atoms with Crippen LogP contribution in [-0.4, -0.2) is 48.9 Å². The maximum absolute atomic E-state index is 12.5. The van der Waals surface area contributed by atoms with Gasteiger partial charge in [-0.15, -0.1) is 10.2 Å². The van der Waals surface area contributed by atoms with Crippen molar-refractivity contribution in [3.05, 3.63) is 52.6 Å². The summed E-state index contributed by atoms with van der Waals surface area (Å²) in [6.07, 6.45) is 4.49. The van der Waals surface area contributed by atoms with Crippen molar-refractivity contribution in [2.75, 3.05) is 17.7 Å². The number of hydrogen-bond donors (Lipinski definition) is 1. The molecule has 1 N–H and O–H groups in total. The molecule has 0 bridgehead atoms. The Kier molecular flexibility index (Phi) is 6.51. The lowest BCUT2D eigenvalue weighted by Crippen LogP contribution is -2.12. The zero-order valence-electron chi connectivity index (χ0n) is 15.0. The van der Waals surface area contributed by atoms with Crippen LogP contribution in [0.4, 0.5) is 10.8 Å². The normalized spacial score (nSPS) is 10.5. The Labute approximate surface area is 172 Å². The Morgan fingerprint density at radius 2 is 2.21 bits per heavy atom. The number of hydrogen-bond acceptors (Lipinski definition) is 10. The summed E-state index contributed by atoms with van der Waals surface area (Å²) in [5.74, 6) is -0.856. The molecule has 2 heterocycles. The lowest BCUT2D eigenvalue weighted by molar-refractivity contribution is -0.384. The molecular weight excluding hydrogens is 420 g/mol. The SMILES string of the molecule is CCOC(=O)CSc1nnc(NC(=O)c2ccc(-n3ccnc3)c([N+](=O)[O-])c2)s1. The number of nitrogens with zero attached hydrogens (tertiary/aromatic N) is 5. The summed E-state index contributed by atoms with van der Waals surface area (Å²) < 4.78 is 6.79. The fraction of sp³-hybridized carbons (Fsp3) is 0.188. The van der Waals surface area contributed by atoms with Gasteiger partial charge < -0.3 is 9.30 Å². The van der Waals surface area contributed by atoms with E-state index in [1.54, 1.807) is 13.1 Å². The molecule has 0 aliphatic carbocycles. The van der Waals surface area contributed by atoms with Gasteiger partial charge in [0.25, 0.3) is 11.6 Å². The summed E-state index contributed by atoms with van der Waals surface area (Å²) >= 11 is 2.22. The average Bonchev–Trinajstić information content (AvgIpc) is 3.38. The Balaban J connectivity index is 1.70. The number of nitro benzene ring substituents is 1. The highest BCUT2D eigenvalue weighted by atomic mass is 32.2. The van der Waals surface area contributed by atoms with Gasteiger partial charge in [-0.05, 0) is 19.1 Å². The van der Waals surface area contributed by atoms with Crippen molar-refractivity contribution in [3.63, 3.8) is 0 Å². The molecule has 0 saturated carbocycles. The van der Waals surface area contributed by atoms with Crippen LogP contribution in [0.25, 0.3) is 5.69 Å². The minimum absolute atomic E-state index is 0.0817. The monoisotopic (exact) mass is 434 g/mol. The van der Waals surface area contributed by atoms with E-state index < -0.39 is 10.8 Å². The fourth-order valence-electron chi connectivity index (χ4n) is 2.24. The molecule has 0 radical (unpaired) electrons. The van der Waals surface area contributed by atoms with Crippen LogP contribution >= 0.6 is 23.1 Å². The predicted octanol–water partition coefficient (Wildman–Crippen LogP) is 2.54. The van der Waals surface area contributed by atoms with Crippen molar-refractivity contribution in [1.29, 1.82) is 0 Å². The lowest BCUT2D eigenvalue weighted by Gasteiger charge is -2.06. The first-order valence-electron chi connectivity index (χ1n) is 8.18. The van der Waals surface area contributed by atoms with Gasteiger partial charge in [0.15, 0.2) is 4.34 Å². The molecule has 0 spiro atoms. The fourth-order valence-corrected chi connectivity index (χ4v) is 3.79. The van der Waals surface area contributed by atoms with Gasteiger partial charge >= 0.3 is 5.97 Å². The van der Waals surface area contributed by atoms with Gasteiger partial charge in [-0.3, -0.25) is 25.0 Å². The van der Waals surface area contributed by atoms with E-state index >= 15 is 0 Å². The van der Waals surface area contributed by atoms with E-state index in [1.165, 1.54) is 35.3 Å².